The van der Waals surface area contributed by atoms with Crippen LogP contribution in [-0.2, 0) is 21.0 Å². The van der Waals surface area contributed by atoms with Crippen molar-refractivity contribution in [3.63, 3.8) is 0 Å². The maximum atomic E-state index is 12.6. The fraction of sp³-hybridized carbons (Fsp3) is 0.611. The molecule has 2 N–H and O–H groups in total. The third-order valence-corrected chi connectivity index (χ3v) is 6.67. The van der Waals surface area contributed by atoms with Crippen LogP contribution in [0.5, 0.6) is 0 Å². The minimum Gasteiger partial charge on any atom is -0.351 e. The Labute approximate surface area is 163 Å². The summed E-state index contributed by atoms with van der Waals surface area (Å²) in [6, 6.07) is 3.52. The fourth-order valence-electron chi connectivity index (χ4n) is 3.08. The van der Waals surface area contributed by atoms with Gasteiger partial charge in [-0.05, 0) is 30.7 Å². The van der Waals surface area contributed by atoms with Crippen LogP contribution >= 0.6 is 0 Å². The number of nitrogens with one attached hydrogen (secondary N) is 2. The van der Waals surface area contributed by atoms with Gasteiger partial charge in [0, 0.05) is 6.54 Å². The molecule has 0 radical (unpaired) electrons. The van der Waals surface area contributed by atoms with Gasteiger partial charge in [-0.2, -0.15) is 17.5 Å². The van der Waals surface area contributed by atoms with E-state index in [4.69, 9.17) is 0 Å². The summed E-state index contributed by atoms with van der Waals surface area (Å²) in [5.74, 6) is -0.0508. The van der Waals surface area contributed by atoms with Crippen LogP contribution in [0, 0.1) is 0 Å². The summed E-state index contributed by atoms with van der Waals surface area (Å²) in [4.78, 5) is 12.8. The Bertz CT molecular complexity index is 744. The summed E-state index contributed by atoms with van der Waals surface area (Å²) in [7, 11) is -3.84. The second-order valence-electron chi connectivity index (χ2n) is 6.91. The van der Waals surface area contributed by atoms with Gasteiger partial charge in [-0.3, -0.25) is 4.79 Å². The Kier molecular flexibility index (Phi) is 7.85. The number of hydrogen-bond acceptors (Lipinski definition) is 3. The first-order valence-electron chi connectivity index (χ1n) is 9.42. The van der Waals surface area contributed by atoms with Crippen LogP contribution in [0.3, 0.4) is 0 Å². The highest BCUT2D eigenvalue weighted by molar-refractivity contribution is 7.89. The van der Waals surface area contributed by atoms with Gasteiger partial charge >= 0.3 is 6.18 Å². The summed E-state index contributed by atoms with van der Waals surface area (Å²) in [6.45, 7) is 4.42. The topological polar surface area (TPSA) is 70.9 Å². The molecular weight excluding hydrogens is 395 g/mol. The number of carbonyl (C=O) groups excluding carboxylic acids is 1. The first-order chi connectivity index (χ1) is 13.1. The minimum absolute atomic E-state index is 0.0508. The molecule has 0 unspecified atom stereocenters. The highest BCUT2D eigenvalue weighted by Crippen LogP contribution is 2.30. The molecule has 1 aromatic carbocycles. The Hall–Kier alpha value is -1.65. The van der Waals surface area contributed by atoms with Crippen molar-refractivity contribution < 1.29 is 31.3 Å². The van der Waals surface area contributed by atoms with Gasteiger partial charge in [-0.25, -0.2) is 8.42 Å². The number of unbranched alkanes of at least 4 members (excludes halogenated alkanes) is 2. The summed E-state index contributed by atoms with van der Waals surface area (Å²) in [5, 5.41) is 2.87. The molecule has 10 heteroatoms. The lowest BCUT2D eigenvalue weighted by Gasteiger charge is -2.31. The van der Waals surface area contributed by atoms with E-state index in [2.05, 4.69) is 12.2 Å². The number of amides is 1. The molecule has 158 valence electrons. The maximum absolute atomic E-state index is 12.6. The molecule has 1 saturated heterocycles. The van der Waals surface area contributed by atoms with Crippen molar-refractivity contribution in [1.82, 2.24) is 9.62 Å². The van der Waals surface area contributed by atoms with E-state index in [9.17, 15) is 26.4 Å². The smallest absolute Gasteiger partial charge is 0.351 e. The molecule has 1 aliphatic rings. The molecule has 6 nitrogen and oxygen atoms in total. The predicted octanol–water partition coefficient (Wildman–Crippen LogP) is 0.901. The molecule has 1 amide bonds. The molecule has 1 aromatic rings. The average Bonchev–Trinajstić information content (AvgIpc) is 2.65. The van der Waals surface area contributed by atoms with Crippen LogP contribution in [0.4, 0.5) is 13.2 Å². The van der Waals surface area contributed by atoms with Crippen LogP contribution < -0.4 is 10.2 Å². The average molecular weight is 422 g/mol. The van der Waals surface area contributed by atoms with Crippen LogP contribution in [0.25, 0.3) is 0 Å². The fourth-order valence-corrected chi connectivity index (χ4v) is 4.52. The number of hydrogen-bond donors (Lipinski definition) is 2. The van der Waals surface area contributed by atoms with Gasteiger partial charge in [0.1, 0.15) is 0 Å². The predicted molar refractivity (Wildman–Crippen MR) is 98.3 cm³/mol. The van der Waals surface area contributed by atoms with Crippen molar-refractivity contribution in [2.45, 2.75) is 37.3 Å². The molecule has 0 aliphatic carbocycles. The molecule has 0 bridgehead atoms. The molecule has 0 aromatic heterocycles. The number of quaternary nitrogens is 1. The van der Waals surface area contributed by atoms with Crippen LogP contribution in [0.2, 0.25) is 0 Å². The highest BCUT2D eigenvalue weighted by atomic mass is 32.2. The molecule has 1 aliphatic heterocycles. The van der Waals surface area contributed by atoms with Gasteiger partial charge in [-0.1, -0.05) is 19.8 Å². The molecule has 1 fully saturated rings. The van der Waals surface area contributed by atoms with Gasteiger partial charge in [-0.15, -0.1) is 0 Å². The van der Waals surface area contributed by atoms with E-state index in [-0.39, 0.29) is 23.9 Å². The monoisotopic (exact) mass is 422 g/mol. The molecule has 0 spiro atoms. The molecule has 28 heavy (non-hydrogen) atoms. The minimum atomic E-state index is -4.51. The van der Waals surface area contributed by atoms with E-state index in [1.54, 1.807) is 0 Å². The van der Waals surface area contributed by atoms with Gasteiger partial charge < -0.3 is 10.2 Å². The van der Waals surface area contributed by atoms with Gasteiger partial charge in [0.05, 0.1) is 36.6 Å². The zero-order chi connectivity index (χ0) is 20.8. The largest absolute Gasteiger partial charge is 0.416 e. The third kappa shape index (κ3) is 6.18. The number of piperazine rings is 1. The van der Waals surface area contributed by atoms with Gasteiger partial charge in [0.2, 0.25) is 10.0 Å². The van der Waals surface area contributed by atoms with Crippen molar-refractivity contribution in [2.75, 3.05) is 39.3 Å². The van der Waals surface area contributed by atoms with Crippen LogP contribution in [0.15, 0.2) is 29.2 Å². The number of benzene rings is 1. The lowest BCUT2D eigenvalue weighted by molar-refractivity contribution is -0.895. The van der Waals surface area contributed by atoms with Crippen molar-refractivity contribution in [2.24, 2.45) is 0 Å². The Morgan fingerprint density at radius 2 is 1.75 bits per heavy atom. The molecular formula is C18H27F3N3O3S+. The zero-order valence-corrected chi connectivity index (χ0v) is 16.7. The summed E-state index contributed by atoms with van der Waals surface area (Å²) in [6.07, 6.45) is -1.42. The van der Waals surface area contributed by atoms with E-state index in [1.807, 2.05) is 0 Å². The van der Waals surface area contributed by atoms with Crippen molar-refractivity contribution >= 4 is 15.9 Å². The normalized spacial score (nSPS) is 16.9. The summed E-state index contributed by atoms with van der Waals surface area (Å²) < 4.78 is 64.5. The van der Waals surface area contributed by atoms with Crippen LogP contribution in [0.1, 0.15) is 31.7 Å². The van der Waals surface area contributed by atoms with Crippen LogP contribution in [-0.4, -0.2) is 57.9 Å². The summed E-state index contributed by atoms with van der Waals surface area (Å²) >= 11 is 0. The van der Waals surface area contributed by atoms with Gasteiger partial charge in [0.15, 0.2) is 6.54 Å². The number of sulfonamides is 1. The molecule has 1 heterocycles. The standard InChI is InChI=1S/C18H26F3N3O3S/c1-2-3-4-9-22-17(25)14-23-10-12-24(13-11-23)28(26,27)16-7-5-15(6-8-16)18(19,20)21/h5-8H,2-4,9-14H2,1H3,(H,22,25)/p+1. The van der Waals surface area contributed by atoms with E-state index in [1.165, 1.54) is 4.31 Å². The van der Waals surface area contributed by atoms with E-state index < -0.39 is 21.8 Å². The van der Waals surface area contributed by atoms with Crippen molar-refractivity contribution in [3.8, 4) is 0 Å². The van der Waals surface area contributed by atoms with Crippen molar-refractivity contribution in [3.05, 3.63) is 29.8 Å². The summed E-state index contributed by atoms with van der Waals surface area (Å²) in [5.41, 5.74) is -0.884. The Balaban J connectivity index is 1.87. The molecule has 0 saturated carbocycles. The number of alkyl halides is 3. The zero-order valence-electron chi connectivity index (χ0n) is 15.9. The lowest BCUT2D eigenvalue weighted by Crippen LogP contribution is -3.15. The third-order valence-electron chi connectivity index (χ3n) is 4.76. The second kappa shape index (κ2) is 9.71. The Morgan fingerprint density at radius 1 is 1.14 bits per heavy atom. The quantitative estimate of drug-likeness (QED) is 0.612. The van der Waals surface area contributed by atoms with Gasteiger partial charge in [0.25, 0.3) is 5.91 Å². The van der Waals surface area contributed by atoms with E-state index >= 15 is 0 Å². The number of carbonyl (C=O) groups is 1. The molecule has 2 rings (SSSR count). The highest BCUT2D eigenvalue weighted by Gasteiger charge is 2.33. The number of halogens is 3. The van der Waals surface area contributed by atoms with Crippen molar-refractivity contribution in [1.29, 1.82) is 0 Å². The maximum Gasteiger partial charge on any atom is 0.416 e. The first-order valence-corrected chi connectivity index (χ1v) is 10.9. The molecule has 0 atom stereocenters. The van der Waals surface area contributed by atoms with E-state index in [0.29, 0.717) is 26.2 Å². The second-order valence-corrected chi connectivity index (χ2v) is 8.85. The lowest BCUT2D eigenvalue weighted by atomic mass is 10.2. The van der Waals surface area contributed by atoms with E-state index in [0.717, 1.165) is 48.4 Å². The number of rotatable bonds is 8. The number of nitrogens with zero attached hydrogens (tertiary/aromatic N) is 1. The Morgan fingerprint density at radius 3 is 2.29 bits per heavy atom. The first kappa shape index (κ1) is 22.6. The SMILES string of the molecule is CCCCCNC(=O)C[NH+]1CCN(S(=O)(=O)c2ccc(C(F)(F)F)cc2)CC1.